The number of carboxylic acid groups (broad SMARTS) is 1. The molecule has 9 nitrogen and oxygen atoms in total. The number of ether oxygens (including phenoxy) is 1. The van der Waals surface area contributed by atoms with E-state index in [1.807, 2.05) is 35.4 Å². The molecule has 0 radical (unpaired) electrons. The number of anilines is 3. The summed E-state index contributed by atoms with van der Waals surface area (Å²) in [5.74, 6) is -0.552. The molecule has 0 aliphatic carbocycles. The number of hydrogen-bond donors (Lipinski definition) is 4. The minimum Gasteiger partial charge on any atom is -0.508 e. The summed E-state index contributed by atoms with van der Waals surface area (Å²) >= 11 is 0. The van der Waals surface area contributed by atoms with Gasteiger partial charge in [0, 0.05) is 41.4 Å². The van der Waals surface area contributed by atoms with Crippen molar-refractivity contribution in [2.75, 3.05) is 36.5 Å². The highest BCUT2D eigenvalue weighted by molar-refractivity contribution is 6.01. The number of hydrogen-bond acceptors (Lipinski definition) is 7. The lowest BCUT2D eigenvalue weighted by Gasteiger charge is -2.28. The number of phenols is 1. The van der Waals surface area contributed by atoms with Crippen molar-refractivity contribution in [3.8, 4) is 17.0 Å². The highest BCUT2D eigenvalue weighted by atomic mass is 16.5. The minimum absolute atomic E-state index is 0.0257. The Balaban J connectivity index is 1.67. The molecule has 0 saturated carbocycles. The van der Waals surface area contributed by atoms with E-state index in [9.17, 15) is 15.0 Å². The number of benzene rings is 2. The fraction of sp³-hybridized carbons (Fsp3) is 0.174. The summed E-state index contributed by atoms with van der Waals surface area (Å²) in [4.78, 5) is 26.6. The third kappa shape index (κ3) is 3.81. The van der Waals surface area contributed by atoms with Crippen LogP contribution in [0.4, 0.5) is 17.5 Å². The minimum atomic E-state index is -1.16. The van der Waals surface area contributed by atoms with Gasteiger partial charge in [0.1, 0.15) is 11.3 Å². The molecule has 1 fully saturated rings. The Hall–Kier alpha value is -4.11. The van der Waals surface area contributed by atoms with Crippen LogP contribution in [-0.2, 0) is 4.74 Å². The van der Waals surface area contributed by atoms with Crippen LogP contribution in [0.3, 0.4) is 0 Å². The van der Waals surface area contributed by atoms with Gasteiger partial charge in [0.05, 0.1) is 18.9 Å². The molecule has 0 amide bonds. The van der Waals surface area contributed by atoms with Gasteiger partial charge in [0.2, 0.25) is 5.95 Å². The molecule has 4 aromatic rings. The maximum atomic E-state index is 12.3. The van der Waals surface area contributed by atoms with Crippen molar-refractivity contribution in [1.29, 1.82) is 0 Å². The third-order valence-electron chi connectivity index (χ3n) is 5.34. The normalized spacial score (nSPS) is 13.9. The quantitative estimate of drug-likeness (QED) is 0.378. The summed E-state index contributed by atoms with van der Waals surface area (Å²) in [5.41, 5.74) is 2.33. The number of carbonyl (C=O) groups is 1. The second kappa shape index (κ2) is 8.20. The Morgan fingerprint density at radius 1 is 1.09 bits per heavy atom. The lowest BCUT2D eigenvalue weighted by molar-refractivity contribution is 0.0698. The highest BCUT2D eigenvalue weighted by Gasteiger charge is 2.25. The van der Waals surface area contributed by atoms with Gasteiger partial charge in [-0.3, -0.25) is 0 Å². The van der Waals surface area contributed by atoms with Gasteiger partial charge in [-0.1, -0.05) is 12.1 Å². The van der Waals surface area contributed by atoms with E-state index >= 15 is 0 Å². The van der Waals surface area contributed by atoms with Gasteiger partial charge in [0.25, 0.3) is 0 Å². The Bertz CT molecular complexity index is 1300. The van der Waals surface area contributed by atoms with Crippen LogP contribution in [0.15, 0.2) is 54.7 Å². The highest BCUT2D eigenvalue weighted by Crippen LogP contribution is 2.33. The molecule has 4 N–H and O–H groups in total. The topological polar surface area (TPSA) is 124 Å². The summed E-state index contributed by atoms with van der Waals surface area (Å²) in [6, 6.07) is 14.0. The average Bonchev–Trinajstić information content (AvgIpc) is 3.27. The molecule has 1 aliphatic rings. The number of aromatic carboxylic acids is 1. The van der Waals surface area contributed by atoms with Crippen LogP contribution < -0.4 is 10.2 Å². The number of fused-ring (bicyclic) bond motifs is 1. The number of aromatic nitrogens is 3. The van der Waals surface area contributed by atoms with Gasteiger partial charge in [0.15, 0.2) is 5.82 Å². The number of aromatic hydroxyl groups is 1. The molecule has 0 unspecified atom stereocenters. The van der Waals surface area contributed by atoms with Crippen molar-refractivity contribution in [3.63, 3.8) is 0 Å². The van der Waals surface area contributed by atoms with Crippen LogP contribution in [0.1, 0.15) is 10.4 Å². The third-order valence-corrected chi connectivity index (χ3v) is 5.34. The first-order valence-electron chi connectivity index (χ1n) is 10.2. The van der Waals surface area contributed by atoms with Crippen molar-refractivity contribution in [2.24, 2.45) is 0 Å². The number of carboxylic acids is 1. The van der Waals surface area contributed by atoms with Crippen LogP contribution in [0.2, 0.25) is 0 Å². The summed E-state index contributed by atoms with van der Waals surface area (Å²) in [5, 5.41) is 24.2. The lowest BCUT2D eigenvalue weighted by atomic mass is 10.1. The summed E-state index contributed by atoms with van der Waals surface area (Å²) in [6.07, 6.45) is 1.85. The van der Waals surface area contributed by atoms with E-state index in [1.165, 1.54) is 12.1 Å². The van der Waals surface area contributed by atoms with E-state index in [2.05, 4.69) is 20.3 Å². The molecule has 2 aromatic carbocycles. The Kier molecular flexibility index (Phi) is 5.08. The van der Waals surface area contributed by atoms with E-state index in [0.29, 0.717) is 43.5 Å². The molecule has 1 aliphatic heterocycles. The SMILES string of the molecule is O=C(O)c1c(Nc2ccc3[nH]ccc3c2)nc(N2CCOCC2)nc1-c1cccc(O)c1. The molecule has 5 rings (SSSR count). The first-order valence-corrected chi connectivity index (χ1v) is 10.2. The van der Waals surface area contributed by atoms with Crippen LogP contribution in [0.5, 0.6) is 5.75 Å². The number of nitrogens with zero attached hydrogens (tertiary/aromatic N) is 3. The predicted molar refractivity (Wildman–Crippen MR) is 121 cm³/mol. The van der Waals surface area contributed by atoms with E-state index in [1.54, 1.807) is 12.1 Å². The number of phenolic OH excluding ortho intramolecular Hbond substituents is 1. The number of H-pyrrole nitrogens is 1. The molecule has 2 aromatic heterocycles. The molecule has 3 heterocycles. The van der Waals surface area contributed by atoms with Crippen molar-refractivity contribution in [2.45, 2.75) is 0 Å². The maximum Gasteiger partial charge on any atom is 0.341 e. The molecule has 0 bridgehead atoms. The summed E-state index contributed by atoms with van der Waals surface area (Å²) in [7, 11) is 0. The lowest BCUT2D eigenvalue weighted by Crippen LogP contribution is -2.37. The van der Waals surface area contributed by atoms with E-state index < -0.39 is 5.97 Å². The molecular formula is C23H21N5O4. The van der Waals surface area contributed by atoms with Crippen LogP contribution >= 0.6 is 0 Å². The van der Waals surface area contributed by atoms with Crippen molar-refractivity contribution >= 4 is 34.3 Å². The van der Waals surface area contributed by atoms with Gasteiger partial charge in [-0.2, -0.15) is 4.98 Å². The zero-order chi connectivity index (χ0) is 22.1. The predicted octanol–water partition coefficient (Wildman–Crippen LogP) is 3.61. The van der Waals surface area contributed by atoms with Crippen molar-refractivity contribution < 1.29 is 19.7 Å². The summed E-state index contributed by atoms with van der Waals surface area (Å²) in [6.45, 7) is 2.28. The molecule has 0 spiro atoms. The first kappa shape index (κ1) is 19.8. The molecule has 162 valence electrons. The van der Waals surface area contributed by atoms with Crippen LogP contribution in [0.25, 0.3) is 22.2 Å². The zero-order valence-corrected chi connectivity index (χ0v) is 17.1. The maximum absolute atomic E-state index is 12.3. The Labute approximate surface area is 183 Å². The number of aromatic amines is 1. The second-order valence-corrected chi connectivity index (χ2v) is 7.46. The smallest absolute Gasteiger partial charge is 0.341 e. The average molecular weight is 431 g/mol. The standard InChI is InChI=1S/C23H21N5O4/c29-17-3-1-2-15(13-17)20-19(22(30)31)21(27-23(26-20)28-8-10-32-11-9-28)25-16-4-5-18-14(12-16)6-7-24-18/h1-7,12-13,24,29H,8-11H2,(H,30,31)(H,25,26,27). The number of nitrogens with one attached hydrogen (secondary N) is 2. The van der Waals surface area contributed by atoms with Gasteiger partial charge in [-0.25, -0.2) is 9.78 Å². The Morgan fingerprint density at radius 2 is 1.94 bits per heavy atom. The molecule has 32 heavy (non-hydrogen) atoms. The van der Waals surface area contributed by atoms with Crippen molar-refractivity contribution in [3.05, 3.63) is 60.3 Å². The van der Waals surface area contributed by atoms with Gasteiger partial charge < -0.3 is 30.2 Å². The molecule has 0 atom stereocenters. The van der Waals surface area contributed by atoms with Gasteiger partial charge in [-0.05, 0) is 36.4 Å². The molecule has 9 heteroatoms. The monoisotopic (exact) mass is 431 g/mol. The van der Waals surface area contributed by atoms with Crippen LogP contribution in [-0.4, -0.2) is 57.4 Å². The number of morpholine rings is 1. The Morgan fingerprint density at radius 3 is 2.72 bits per heavy atom. The first-order chi connectivity index (χ1) is 15.6. The largest absolute Gasteiger partial charge is 0.508 e. The second-order valence-electron chi connectivity index (χ2n) is 7.46. The molecule has 1 saturated heterocycles. The van der Waals surface area contributed by atoms with E-state index in [0.717, 1.165) is 10.9 Å². The zero-order valence-electron chi connectivity index (χ0n) is 17.1. The van der Waals surface area contributed by atoms with E-state index in [-0.39, 0.29) is 22.8 Å². The molecular weight excluding hydrogens is 410 g/mol. The summed E-state index contributed by atoms with van der Waals surface area (Å²) < 4.78 is 5.43. The van der Waals surface area contributed by atoms with Crippen LogP contribution in [0, 0.1) is 0 Å². The van der Waals surface area contributed by atoms with Gasteiger partial charge >= 0.3 is 5.97 Å². The number of rotatable bonds is 5. The van der Waals surface area contributed by atoms with Crippen molar-refractivity contribution in [1.82, 2.24) is 15.0 Å². The van der Waals surface area contributed by atoms with E-state index in [4.69, 9.17) is 4.74 Å². The fourth-order valence-electron chi connectivity index (χ4n) is 3.78. The fourth-order valence-corrected chi connectivity index (χ4v) is 3.78. The van der Waals surface area contributed by atoms with Gasteiger partial charge in [-0.15, -0.1) is 0 Å².